The summed E-state index contributed by atoms with van der Waals surface area (Å²) < 4.78 is 2.40. The molecule has 0 aliphatic heterocycles. The van der Waals surface area contributed by atoms with Crippen LogP contribution >= 0.6 is 0 Å². The third-order valence-electron chi connectivity index (χ3n) is 5.18. The van der Waals surface area contributed by atoms with Crippen molar-refractivity contribution in [2.45, 2.75) is 12.8 Å². The SMILES string of the molecule is Cn1c2c(c3ccc4ccccc4c31)CC1CC1C=C2. The van der Waals surface area contributed by atoms with Crippen molar-refractivity contribution in [1.82, 2.24) is 4.57 Å². The highest BCUT2D eigenvalue weighted by Crippen LogP contribution is 2.47. The first-order valence-corrected chi connectivity index (χ1v) is 7.50. The molecule has 2 unspecified atom stereocenters. The van der Waals surface area contributed by atoms with E-state index in [0.717, 1.165) is 11.8 Å². The van der Waals surface area contributed by atoms with Gasteiger partial charge in [-0.15, -0.1) is 0 Å². The molecule has 2 aliphatic rings. The zero-order valence-electron chi connectivity index (χ0n) is 11.6. The Morgan fingerprint density at radius 3 is 2.90 bits per heavy atom. The average molecular weight is 259 g/mol. The van der Waals surface area contributed by atoms with Crippen LogP contribution in [0.2, 0.25) is 0 Å². The molecule has 0 saturated heterocycles. The number of nitrogens with zero attached hydrogens (tertiary/aromatic N) is 1. The quantitative estimate of drug-likeness (QED) is 0.558. The smallest absolute Gasteiger partial charge is 0.0565 e. The molecule has 20 heavy (non-hydrogen) atoms. The molecular formula is C19H17N. The number of rotatable bonds is 0. The van der Waals surface area contributed by atoms with Gasteiger partial charge in [0.25, 0.3) is 0 Å². The first-order valence-electron chi connectivity index (χ1n) is 7.50. The molecule has 1 heterocycles. The van der Waals surface area contributed by atoms with Gasteiger partial charge in [0.2, 0.25) is 0 Å². The average Bonchev–Trinajstić information content (AvgIpc) is 3.18. The Labute approximate surface area is 118 Å². The van der Waals surface area contributed by atoms with E-state index >= 15 is 0 Å². The maximum atomic E-state index is 2.43. The maximum absolute atomic E-state index is 2.43. The largest absolute Gasteiger partial charge is 0.343 e. The second-order valence-electron chi connectivity index (χ2n) is 6.33. The van der Waals surface area contributed by atoms with Crippen LogP contribution in [0.15, 0.2) is 42.5 Å². The predicted molar refractivity (Wildman–Crippen MR) is 84.8 cm³/mol. The molecule has 1 saturated carbocycles. The fourth-order valence-electron chi connectivity index (χ4n) is 3.97. The van der Waals surface area contributed by atoms with Crippen LogP contribution < -0.4 is 0 Å². The lowest BCUT2D eigenvalue weighted by molar-refractivity contribution is 0.790. The number of fused-ring (bicyclic) bond motifs is 6. The summed E-state index contributed by atoms with van der Waals surface area (Å²) in [5.74, 6) is 1.74. The minimum Gasteiger partial charge on any atom is -0.343 e. The Balaban J connectivity index is 1.94. The van der Waals surface area contributed by atoms with Crippen molar-refractivity contribution in [2.75, 3.05) is 0 Å². The molecule has 98 valence electrons. The van der Waals surface area contributed by atoms with E-state index in [1.165, 1.54) is 40.2 Å². The summed E-state index contributed by atoms with van der Waals surface area (Å²) in [6, 6.07) is 13.3. The van der Waals surface area contributed by atoms with Crippen LogP contribution in [0.4, 0.5) is 0 Å². The monoisotopic (exact) mass is 259 g/mol. The number of aryl methyl sites for hydroxylation is 1. The molecule has 1 nitrogen and oxygen atoms in total. The van der Waals surface area contributed by atoms with Gasteiger partial charge in [0.1, 0.15) is 0 Å². The Hall–Kier alpha value is -2.02. The highest BCUT2D eigenvalue weighted by atomic mass is 14.9. The number of benzene rings is 2. The molecular weight excluding hydrogens is 242 g/mol. The van der Waals surface area contributed by atoms with E-state index < -0.39 is 0 Å². The number of aromatic nitrogens is 1. The third-order valence-corrected chi connectivity index (χ3v) is 5.18. The third kappa shape index (κ3) is 1.28. The summed E-state index contributed by atoms with van der Waals surface area (Å²) in [7, 11) is 2.22. The van der Waals surface area contributed by atoms with Gasteiger partial charge in [-0.25, -0.2) is 0 Å². The maximum Gasteiger partial charge on any atom is 0.0565 e. The molecule has 1 fully saturated rings. The fraction of sp³-hybridized carbons (Fsp3) is 0.263. The zero-order chi connectivity index (χ0) is 13.3. The number of allylic oxidation sites excluding steroid dienone is 1. The molecule has 0 N–H and O–H groups in total. The Morgan fingerprint density at radius 1 is 1.05 bits per heavy atom. The minimum atomic E-state index is 0.845. The van der Waals surface area contributed by atoms with Crippen LogP contribution in [0, 0.1) is 11.8 Å². The van der Waals surface area contributed by atoms with Gasteiger partial charge in [0.15, 0.2) is 0 Å². The summed E-state index contributed by atoms with van der Waals surface area (Å²) in [5.41, 5.74) is 4.38. The van der Waals surface area contributed by atoms with Gasteiger partial charge in [0, 0.05) is 23.5 Å². The van der Waals surface area contributed by atoms with Gasteiger partial charge in [-0.05, 0) is 41.7 Å². The summed E-state index contributed by atoms with van der Waals surface area (Å²) >= 11 is 0. The molecule has 2 aliphatic carbocycles. The lowest BCUT2D eigenvalue weighted by Gasteiger charge is -2.04. The van der Waals surface area contributed by atoms with E-state index in [0.29, 0.717) is 0 Å². The van der Waals surface area contributed by atoms with E-state index in [-0.39, 0.29) is 0 Å². The molecule has 3 aromatic rings. The minimum absolute atomic E-state index is 0.845. The normalized spacial score (nSPS) is 23.6. The zero-order valence-corrected chi connectivity index (χ0v) is 11.6. The van der Waals surface area contributed by atoms with Crippen molar-refractivity contribution in [3.63, 3.8) is 0 Å². The van der Waals surface area contributed by atoms with Crippen molar-refractivity contribution in [3.8, 4) is 0 Å². The van der Waals surface area contributed by atoms with Crippen molar-refractivity contribution >= 4 is 27.8 Å². The highest BCUT2D eigenvalue weighted by molar-refractivity contribution is 6.08. The highest BCUT2D eigenvalue weighted by Gasteiger charge is 2.37. The van der Waals surface area contributed by atoms with Gasteiger partial charge in [-0.1, -0.05) is 42.5 Å². The van der Waals surface area contributed by atoms with E-state index in [2.05, 4.69) is 60.2 Å². The second-order valence-corrected chi connectivity index (χ2v) is 6.33. The summed E-state index contributed by atoms with van der Waals surface area (Å²) in [4.78, 5) is 0. The van der Waals surface area contributed by atoms with Crippen molar-refractivity contribution in [2.24, 2.45) is 18.9 Å². The van der Waals surface area contributed by atoms with Crippen LogP contribution in [-0.2, 0) is 13.5 Å². The lowest BCUT2D eigenvalue weighted by atomic mass is 10.0. The summed E-state index contributed by atoms with van der Waals surface area (Å²) in [6.45, 7) is 0. The first-order chi connectivity index (χ1) is 9.83. The molecule has 5 rings (SSSR count). The summed E-state index contributed by atoms with van der Waals surface area (Å²) in [5, 5.41) is 4.17. The second kappa shape index (κ2) is 3.54. The Bertz CT molecular complexity index is 882. The van der Waals surface area contributed by atoms with Gasteiger partial charge >= 0.3 is 0 Å². The topological polar surface area (TPSA) is 4.93 Å². The number of hydrogen-bond donors (Lipinski definition) is 0. The Morgan fingerprint density at radius 2 is 1.95 bits per heavy atom. The molecule has 2 atom stereocenters. The van der Waals surface area contributed by atoms with Crippen LogP contribution in [0.5, 0.6) is 0 Å². The molecule has 2 aromatic carbocycles. The van der Waals surface area contributed by atoms with Crippen molar-refractivity contribution < 1.29 is 0 Å². The Kier molecular flexibility index (Phi) is 1.90. The molecule has 0 amide bonds. The van der Waals surface area contributed by atoms with Crippen LogP contribution in [0.25, 0.3) is 27.8 Å². The van der Waals surface area contributed by atoms with Crippen LogP contribution in [0.1, 0.15) is 17.7 Å². The van der Waals surface area contributed by atoms with Crippen LogP contribution in [-0.4, -0.2) is 4.57 Å². The van der Waals surface area contributed by atoms with E-state index in [1.807, 2.05) is 0 Å². The van der Waals surface area contributed by atoms with Gasteiger partial charge < -0.3 is 4.57 Å². The fourth-order valence-corrected chi connectivity index (χ4v) is 3.97. The van der Waals surface area contributed by atoms with Crippen molar-refractivity contribution in [1.29, 1.82) is 0 Å². The van der Waals surface area contributed by atoms with Gasteiger partial charge in [0.05, 0.1) is 5.52 Å². The lowest BCUT2D eigenvalue weighted by Crippen LogP contribution is -1.93. The van der Waals surface area contributed by atoms with E-state index in [1.54, 1.807) is 5.56 Å². The van der Waals surface area contributed by atoms with Crippen molar-refractivity contribution in [3.05, 3.63) is 53.7 Å². The van der Waals surface area contributed by atoms with E-state index in [4.69, 9.17) is 0 Å². The van der Waals surface area contributed by atoms with E-state index in [9.17, 15) is 0 Å². The molecule has 1 aromatic heterocycles. The standard InChI is InChI=1S/C19H17N/c1-20-18-9-7-13-10-14(13)11-17(18)16-8-6-12-4-2-3-5-15(12)19(16)20/h2-9,13-14H,10-11H2,1H3. The molecule has 0 spiro atoms. The molecule has 0 bridgehead atoms. The number of hydrogen-bond acceptors (Lipinski definition) is 0. The summed E-state index contributed by atoms with van der Waals surface area (Å²) in [6.07, 6.45) is 7.43. The van der Waals surface area contributed by atoms with Gasteiger partial charge in [-0.2, -0.15) is 0 Å². The first kappa shape index (κ1) is 10.7. The molecule has 1 heteroatoms. The van der Waals surface area contributed by atoms with Crippen LogP contribution in [0.3, 0.4) is 0 Å². The molecule has 0 radical (unpaired) electrons. The van der Waals surface area contributed by atoms with Gasteiger partial charge in [-0.3, -0.25) is 0 Å². The predicted octanol–water partition coefficient (Wildman–Crippen LogP) is 4.54.